The van der Waals surface area contributed by atoms with E-state index in [1.165, 1.54) is 6.07 Å². The van der Waals surface area contributed by atoms with Gasteiger partial charge in [-0.2, -0.15) is 13.2 Å². The van der Waals surface area contributed by atoms with Crippen molar-refractivity contribution in [3.63, 3.8) is 0 Å². The van der Waals surface area contributed by atoms with Crippen molar-refractivity contribution in [3.8, 4) is 16.9 Å². The quantitative estimate of drug-likeness (QED) is 0.495. The first-order valence-corrected chi connectivity index (χ1v) is 8.82. The first-order chi connectivity index (χ1) is 14.1. The number of hydrogen-bond acceptors (Lipinski definition) is 2. The van der Waals surface area contributed by atoms with Crippen LogP contribution in [-0.4, -0.2) is 5.91 Å². The normalized spacial score (nSPS) is 11.4. The summed E-state index contributed by atoms with van der Waals surface area (Å²) >= 11 is 6.02. The lowest BCUT2D eigenvalue weighted by molar-refractivity contribution is -0.137. The minimum atomic E-state index is -4.51. The molecular weight excluding hydrogens is 429 g/mol. The predicted molar refractivity (Wildman–Crippen MR) is 101 cm³/mol. The van der Waals surface area contributed by atoms with Gasteiger partial charge in [0.05, 0.1) is 5.56 Å². The summed E-state index contributed by atoms with van der Waals surface area (Å²) in [5.74, 6) is -3.96. The maximum Gasteiger partial charge on any atom is 0.416 e. The number of rotatable bonds is 5. The van der Waals surface area contributed by atoms with Gasteiger partial charge < -0.3 is 10.5 Å². The van der Waals surface area contributed by atoms with Crippen molar-refractivity contribution in [1.82, 2.24) is 0 Å². The van der Waals surface area contributed by atoms with Crippen LogP contribution in [0, 0.1) is 11.6 Å². The molecule has 0 saturated heterocycles. The van der Waals surface area contributed by atoms with Gasteiger partial charge in [-0.05, 0) is 41.5 Å². The highest BCUT2D eigenvalue weighted by atomic mass is 35.5. The van der Waals surface area contributed by atoms with Crippen LogP contribution < -0.4 is 10.5 Å². The van der Waals surface area contributed by atoms with Crippen LogP contribution in [-0.2, 0) is 12.8 Å². The van der Waals surface area contributed by atoms with E-state index in [0.717, 1.165) is 24.3 Å². The molecule has 1 amide bonds. The van der Waals surface area contributed by atoms with E-state index in [2.05, 4.69) is 0 Å². The number of carbonyl (C=O) groups is 1. The van der Waals surface area contributed by atoms with Gasteiger partial charge in [0, 0.05) is 10.6 Å². The van der Waals surface area contributed by atoms with Crippen molar-refractivity contribution in [2.24, 2.45) is 5.73 Å². The second-order valence-electron chi connectivity index (χ2n) is 6.28. The van der Waals surface area contributed by atoms with Crippen molar-refractivity contribution in [2.45, 2.75) is 12.8 Å². The fourth-order valence-corrected chi connectivity index (χ4v) is 3.08. The largest absolute Gasteiger partial charge is 0.486 e. The summed E-state index contributed by atoms with van der Waals surface area (Å²) in [6.45, 7) is -0.160. The first kappa shape index (κ1) is 21.6. The lowest BCUT2D eigenvalue weighted by Crippen LogP contribution is -2.16. The molecule has 3 aromatic carbocycles. The molecule has 0 aliphatic heterocycles. The van der Waals surface area contributed by atoms with Gasteiger partial charge >= 0.3 is 6.18 Å². The van der Waals surface area contributed by atoms with E-state index in [1.807, 2.05) is 0 Å². The molecule has 0 aliphatic rings. The summed E-state index contributed by atoms with van der Waals surface area (Å²) in [6.07, 6.45) is -4.51. The van der Waals surface area contributed by atoms with Crippen molar-refractivity contribution < 1.29 is 31.5 Å². The molecule has 0 fully saturated rings. The van der Waals surface area contributed by atoms with Crippen molar-refractivity contribution in [1.29, 1.82) is 0 Å². The van der Waals surface area contributed by atoms with E-state index in [9.17, 15) is 26.7 Å². The van der Waals surface area contributed by atoms with Crippen LogP contribution in [0.1, 0.15) is 21.5 Å². The van der Waals surface area contributed by atoms with E-state index in [0.29, 0.717) is 16.7 Å². The molecule has 0 bridgehead atoms. The van der Waals surface area contributed by atoms with E-state index in [1.54, 1.807) is 24.3 Å². The Morgan fingerprint density at radius 1 is 1.03 bits per heavy atom. The number of halogens is 6. The number of ether oxygens (including phenoxy) is 1. The standard InChI is InChI=1S/C21H13ClF5NO2/c22-15-9-13(21(25,26)27)4-5-14(15)12-3-1-2-11(8-12)10-30-17-7-6-16(23)18(19(17)24)20(28)29/h1-9H,10H2,(H2,28,29). The molecule has 3 aromatic rings. The minimum absolute atomic E-state index is 0.0847. The Morgan fingerprint density at radius 2 is 1.77 bits per heavy atom. The number of primary amides is 1. The maximum atomic E-state index is 14.2. The zero-order valence-corrected chi connectivity index (χ0v) is 15.8. The van der Waals surface area contributed by atoms with Gasteiger partial charge in [0.25, 0.3) is 5.91 Å². The highest BCUT2D eigenvalue weighted by Gasteiger charge is 2.31. The summed E-state index contributed by atoms with van der Waals surface area (Å²) in [5.41, 5.74) is 4.62. The van der Waals surface area contributed by atoms with Gasteiger partial charge in [0.2, 0.25) is 0 Å². The van der Waals surface area contributed by atoms with Gasteiger partial charge in [-0.15, -0.1) is 0 Å². The summed E-state index contributed by atoms with van der Waals surface area (Å²) < 4.78 is 71.5. The lowest BCUT2D eigenvalue weighted by Gasteiger charge is -2.12. The number of benzene rings is 3. The smallest absolute Gasteiger partial charge is 0.416 e. The summed E-state index contributed by atoms with van der Waals surface area (Å²) in [7, 11) is 0. The zero-order valence-electron chi connectivity index (χ0n) is 15.1. The maximum absolute atomic E-state index is 14.2. The Balaban J connectivity index is 1.84. The lowest BCUT2D eigenvalue weighted by atomic mass is 10.0. The van der Waals surface area contributed by atoms with Crippen LogP contribution in [0.5, 0.6) is 5.75 Å². The summed E-state index contributed by atoms with van der Waals surface area (Å²) in [5, 5.41) is -0.0847. The first-order valence-electron chi connectivity index (χ1n) is 8.44. The van der Waals surface area contributed by atoms with Crippen LogP contribution in [0.2, 0.25) is 5.02 Å². The molecule has 3 nitrogen and oxygen atoms in total. The molecule has 0 aliphatic carbocycles. The van der Waals surface area contributed by atoms with E-state index < -0.39 is 34.8 Å². The Bertz CT molecular complexity index is 1120. The molecule has 156 valence electrons. The average Bonchev–Trinajstić information content (AvgIpc) is 2.66. The topological polar surface area (TPSA) is 52.3 Å². The fourth-order valence-electron chi connectivity index (χ4n) is 2.79. The van der Waals surface area contributed by atoms with Gasteiger partial charge in [-0.25, -0.2) is 8.78 Å². The molecule has 0 aromatic heterocycles. The number of hydrogen-bond donors (Lipinski definition) is 1. The van der Waals surface area contributed by atoms with Gasteiger partial charge in [-0.3, -0.25) is 4.79 Å². The molecule has 0 atom stereocenters. The molecule has 0 unspecified atom stereocenters. The summed E-state index contributed by atoms with van der Waals surface area (Å²) in [4.78, 5) is 11.2. The van der Waals surface area contributed by atoms with Crippen LogP contribution in [0.3, 0.4) is 0 Å². The Labute approximate surface area is 172 Å². The average molecular weight is 442 g/mol. The van der Waals surface area contributed by atoms with E-state index >= 15 is 0 Å². The molecular formula is C21H13ClF5NO2. The Morgan fingerprint density at radius 3 is 2.40 bits per heavy atom. The highest BCUT2D eigenvalue weighted by molar-refractivity contribution is 6.33. The molecule has 9 heteroatoms. The second-order valence-corrected chi connectivity index (χ2v) is 6.69. The van der Waals surface area contributed by atoms with Gasteiger partial charge in [-0.1, -0.05) is 35.9 Å². The summed E-state index contributed by atoms with van der Waals surface area (Å²) in [6, 6.07) is 11.4. The van der Waals surface area contributed by atoms with Crippen molar-refractivity contribution in [2.75, 3.05) is 0 Å². The van der Waals surface area contributed by atoms with Gasteiger partial charge in [0.1, 0.15) is 18.0 Å². The minimum Gasteiger partial charge on any atom is -0.486 e. The van der Waals surface area contributed by atoms with Crippen LogP contribution in [0.15, 0.2) is 54.6 Å². The number of nitrogens with two attached hydrogens (primary N) is 1. The third-order valence-corrected chi connectivity index (χ3v) is 4.54. The predicted octanol–water partition coefficient (Wildman–Crippen LogP) is 5.98. The molecule has 30 heavy (non-hydrogen) atoms. The molecule has 3 rings (SSSR count). The Hall–Kier alpha value is -3.13. The zero-order chi connectivity index (χ0) is 22.1. The third-order valence-electron chi connectivity index (χ3n) is 4.23. The van der Waals surface area contributed by atoms with E-state index in [4.69, 9.17) is 22.1 Å². The number of amides is 1. The van der Waals surface area contributed by atoms with E-state index in [-0.39, 0.29) is 17.4 Å². The van der Waals surface area contributed by atoms with Crippen molar-refractivity contribution in [3.05, 3.63) is 87.9 Å². The van der Waals surface area contributed by atoms with Gasteiger partial charge in [0.15, 0.2) is 11.6 Å². The second kappa shape index (κ2) is 8.31. The van der Waals surface area contributed by atoms with Crippen LogP contribution >= 0.6 is 11.6 Å². The molecule has 0 spiro atoms. The molecule has 0 saturated carbocycles. The molecule has 0 heterocycles. The monoisotopic (exact) mass is 441 g/mol. The number of alkyl halides is 3. The third kappa shape index (κ3) is 4.54. The highest BCUT2D eigenvalue weighted by Crippen LogP contribution is 2.36. The fraction of sp³-hybridized carbons (Fsp3) is 0.0952. The molecule has 2 N–H and O–H groups in total. The SMILES string of the molecule is NC(=O)c1c(F)ccc(OCc2cccc(-c3ccc(C(F)(F)F)cc3Cl)c2)c1F. The van der Waals surface area contributed by atoms with Crippen LogP contribution in [0.4, 0.5) is 22.0 Å². The Kier molecular flexibility index (Phi) is 5.98. The van der Waals surface area contributed by atoms with Crippen LogP contribution in [0.25, 0.3) is 11.1 Å². The number of carbonyl (C=O) groups excluding carboxylic acids is 1. The van der Waals surface area contributed by atoms with Crippen molar-refractivity contribution >= 4 is 17.5 Å². The molecule has 0 radical (unpaired) electrons.